The van der Waals surface area contributed by atoms with E-state index in [9.17, 15) is 9.59 Å². The molecule has 0 bridgehead atoms. The maximum Gasteiger partial charge on any atom is 0.272 e. The van der Waals surface area contributed by atoms with E-state index in [0.717, 1.165) is 0 Å². The number of benzene rings is 1. The number of hydrogen-bond donors (Lipinski definition) is 3. The number of nitrogens with one attached hydrogen (secondary N) is 2. The second-order valence-electron chi connectivity index (χ2n) is 4.05. The van der Waals surface area contributed by atoms with Gasteiger partial charge in [-0.1, -0.05) is 11.6 Å². The summed E-state index contributed by atoms with van der Waals surface area (Å²) in [5, 5.41) is 3.03. The first-order valence-corrected chi connectivity index (χ1v) is 5.91. The summed E-state index contributed by atoms with van der Waals surface area (Å²) in [5.74, 6) is -0.459. The van der Waals surface area contributed by atoms with Crippen LogP contribution in [0.2, 0.25) is 5.02 Å². The molecule has 6 heteroatoms. The number of hydrogen-bond acceptors (Lipinski definition) is 3. The third kappa shape index (κ3) is 2.95. The zero-order chi connectivity index (χ0) is 14.0. The predicted molar refractivity (Wildman–Crippen MR) is 74.6 cm³/mol. The molecule has 5 nitrogen and oxygen atoms in total. The van der Waals surface area contributed by atoms with Crippen molar-refractivity contribution in [3.05, 3.63) is 46.7 Å². The molecule has 19 heavy (non-hydrogen) atoms. The monoisotopic (exact) mass is 277 g/mol. The third-order valence-corrected chi connectivity index (χ3v) is 2.92. The molecule has 1 aromatic heterocycles. The first-order chi connectivity index (χ1) is 8.97. The van der Waals surface area contributed by atoms with E-state index in [4.69, 9.17) is 17.3 Å². The average molecular weight is 278 g/mol. The summed E-state index contributed by atoms with van der Waals surface area (Å²) in [6.07, 6.45) is 1.49. The maximum absolute atomic E-state index is 11.9. The summed E-state index contributed by atoms with van der Waals surface area (Å²) in [5.41, 5.74) is 7.32. The van der Waals surface area contributed by atoms with Crippen LogP contribution < -0.4 is 11.1 Å². The van der Waals surface area contributed by atoms with E-state index in [2.05, 4.69) is 10.3 Å². The SMILES string of the molecule is CC(=O)c1c[nH]c(C(=O)Nc2ccc(N)c(Cl)c2)c1. The van der Waals surface area contributed by atoms with Gasteiger partial charge >= 0.3 is 0 Å². The number of nitrogens with two attached hydrogens (primary N) is 1. The molecule has 0 fully saturated rings. The van der Waals surface area contributed by atoms with Gasteiger partial charge in [0.2, 0.25) is 0 Å². The van der Waals surface area contributed by atoms with Crippen molar-refractivity contribution in [3.63, 3.8) is 0 Å². The van der Waals surface area contributed by atoms with E-state index in [1.165, 1.54) is 19.2 Å². The Bertz CT molecular complexity index is 649. The summed E-state index contributed by atoms with van der Waals surface area (Å²) in [4.78, 5) is 25.8. The summed E-state index contributed by atoms with van der Waals surface area (Å²) < 4.78 is 0. The van der Waals surface area contributed by atoms with E-state index in [-0.39, 0.29) is 11.7 Å². The van der Waals surface area contributed by atoms with Crippen molar-refractivity contribution in [2.24, 2.45) is 0 Å². The van der Waals surface area contributed by atoms with E-state index in [0.29, 0.717) is 27.7 Å². The molecule has 1 amide bonds. The van der Waals surface area contributed by atoms with Crippen LogP contribution in [0.1, 0.15) is 27.8 Å². The molecule has 0 atom stereocenters. The van der Waals surface area contributed by atoms with Gasteiger partial charge in [0.15, 0.2) is 5.78 Å². The molecule has 2 rings (SSSR count). The second kappa shape index (κ2) is 5.16. The number of halogens is 1. The molecule has 2 aromatic rings. The first kappa shape index (κ1) is 13.2. The zero-order valence-corrected chi connectivity index (χ0v) is 10.9. The highest BCUT2D eigenvalue weighted by Gasteiger charge is 2.11. The van der Waals surface area contributed by atoms with Gasteiger partial charge in [0.05, 0.1) is 10.7 Å². The normalized spacial score (nSPS) is 10.2. The Hall–Kier alpha value is -2.27. The van der Waals surface area contributed by atoms with Crippen molar-refractivity contribution in [1.29, 1.82) is 0 Å². The third-order valence-electron chi connectivity index (χ3n) is 2.59. The molecule has 0 spiro atoms. The van der Waals surface area contributed by atoms with Crippen LogP contribution in [-0.4, -0.2) is 16.7 Å². The van der Waals surface area contributed by atoms with Crippen LogP contribution >= 0.6 is 11.6 Å². The highest BCUT2D eigenvalue weighted by Crippen LogP contribution is 2.22. The van der Waals surface area contributed by atoms with Gasteiger partial charge in [0.1, 0.15) is 5.69 Å². The highest BCUT2D eigenvalue weighted by molar-refractivity contribution is 6.33. The molecule has 0 aliphatic carbocycles. The molecule has 0 unspecified atom stereocenters. The second-order valence-corrected chi connectivity index (χ2v) is 4.46. The van der Waals surface area contributed by atoms with Gasteiger partial charge in [-0.15, -0.1) is 0 Å². The van der Waals surface area contributed by atoms with Crippen molar-refractivity contribution >= 4 is 34.7 Å². The molecular weight excluding hydrogens is 266 g/mol. The van der Waals surface area contributed by atoms with Crippen molar-refractivity contribution in [3.8, 4) is 0 Å². The van der Waals surface area contributed by atoms with Crippen LogP contribution in [0.3, 0.4) is 0 Å². The minimum atomic E-state index is -0.353. The number of carbonyl (C=O) groups is 2. The lowest BCUT2D eigenvalue weighted by atomic mass is 10.2. The average Bonchev–Trinajstić information content (AvgIpc) is 2.83. The van der Waals surface area contributed by atoms with Gasteiger partial charge in [-0.25, -0.2) is 0 Å². The van der Waals surface area contributed by atoms with Crippen LogP contribution in [-0.2, 0) is 0 Å². The van der Waals surface area contributed by atoms with Gasteiger partial charge in [0, 0.05) is 17.4 Å². The van der Waals surface area contributed by atoms with Gasteiger partial charge in [0.25, 0.3) is 5.91 Å². The quantitative estimate of drug-likeness (QED) is 0.595. The van der Waals surface area contributed by atoms with Gasteiger partial charge < -0.3 is 16.0 Å². The Kier molecular flexibility index (Phi) is 3.57. The smallest absolute Gasteiger partial charge is 0.272 e. The topological polar surface area (TPSA) is 88.0 Å². The van der Waals surface area contributed by atoms with E-state index >= 15 is 0 Å². The molecule has 0 saturated heterocycles. The minimum absolute atomic E-state index is 0.106. The summed E-state index contributed by atoms with van der Waals surface area (Å²) in [6.45, 7) is 1.44. The fourth-order valence-electron chi connectivity index (χ4n) is 1.53. The van der Waals surface area contributed by atoms with Crippen molar-refractivity contribution in [2.45, 2.75) is 6.92 Å². The minimum Gasteiger partial charge on any atom is -0.398 e. The van der Waals surface area contributed by atoms with Crippen LogP contribution in [0.5, 0.6) is 0 Å². The number of rotatable bonds is 3. The number of aromatic nitrogens is 1. The molecule has 0 aliphatic heterocycles. The Labute approximate surface area is 114 Å². The molecule has 0 saturated carbocycles. The number of Topliss-reactive ketones (excluding diaryl/α,β-unsaturated/α-hetero) is 1. The highest BCUT2D eigenvalue weighted by atomic mass is 35.5. The fourth-order valence-corrected chi connectivity index (χ4v) is 1.71. The number of aromatic amines is 1. The number of anilines is 2. The lowest BCUT2D eigenvalue weighted by molar-refractivity contribution is 0.101. The van der Waals surface area contributed by atoms with Crippen molar-refractivity contribution in [1.82, 2.24) is 4.98 Å². The van der Waals surface area contributed by atoms with E-state index < -0.39 is 0 Å². The lowest BCUT2D eigenvalue weighted by Gasteiger charge is -2.05. The molecule has 1 heterocycles. The Balaban J connectivity index is 2.15. The van der Waals surface area contributed by atoms with Crippen molar-refractivity contribution in [2.75, 3.05) is 11.1 Å². The summed E-state index contributed by atoms with van der Waals surface area (Å²) in [6, 6.07) is 6.31. The first-order valence-electron chi connectivity index (χ1n) is 5.53. The fraction of sp³-hybridized carbons (Fsp3) is 0.0769. The standard InChI is InChI=1S/C13H12ClN3O2/c1-7(18)8-4-12(16-6-8)13(19)17-9-2-3-11(15)10(14)5-9/h2-6,16H,15H2,1H3,(H,17,19). The van der Waals surface area contributed by atoms with E-state index in [1.54, 1.807) is 18.2 Å². The number of amides is 1. The molecule has 4 N–H and O–H groups in total. The number of H-pyrrole nitrogens is 1. The molecular formula is C13H12ClN3O2. The Morgan fingerprint density at radius 2 is 2.05 bits per heavy atom. The largest absolute Gasteiger partial charge is 0.398 e. The zero-order valence-electron chi connectivity index (χ0n) is 10.2. The maximum atomic E-state index is 11.9. The predicted octanol–water partition coefficient (Wildman–Crippen LogP) is 2.71. The van der Waals surface area contributed by atoms with Gasteiger partial charge in [-0.3, -0.25) is 9.59 Å². The number of carbonyl (C=O) groups excluding carboxylic acids is 2. The number of ketones is 1. The lowest BCUT2D eigenvalue weighted by Crippen LogP contribution is -2.12. The van der Waals surface area contributed by atoms with E-state index in [1.807, 2.05) is 0 Å². The molecule has 98 valence electrons. The van der Waals surface area contributed by atoms with Crippen molar-refractivity contribution < 1.29 is 9.59 Å². The molecule has 0 radical (unpaired) electrons. The number of nitrogen functional groups attached to an aromatic ring is 1. The van der Waals surface area contributed by atoms with Gasteiger partial charge in [-0.05, 0) is 31.2 Å². The Morgan fingerprint density at radius 1 is 1.32 bits per heavy atom. The van der Waals surface area contributed by atoms with Crippen LogP contribution in [0, 0.1) is 0 Å². The van der Waals surface area contributed by atoms with Gasteiger partial charge in [-0.2, -0.15) is 0 Å². The summed E-state index contributed by atoms with van der Waals surface area (Å²) >= 11 is 5.86. The van der Waals surface area contributed by atoms with Crippen LogP contribution in [0.4, 0.5) is 11.4 Å². The summed E-state index contributed by atoms with van der Waals surface area (Å²) in [7, 11) is 0. The van der Waals surface area contributed by atoms with Crippen LogP contribution in [0.15, 0.2) is 30.5 Å². The molecule has 0 aliphatic rings. The van der Waals surface area contributed by atoms with Crippen LogP contribution in [0.25, 0.3) is 0 Å². The molecule has 1 aromatic carbocycles. The Morgan fingerprint density at radius 3 is 2.63 bits per heavy atom.